The molecule has 25 heavy (non-hydrogen) atoms. The number of anilines is 2. The molecule has 0 saturated heterocycles. The standard InChI is InChI=1S/C18H16F2N2O3/c19-12-6-11-2-1-5-22(18(11)14(20)7-12)9-17(23)21-13-3-4-15-16(8-13)25-10-24-15/h3-4,6-8H,1-2,5,9-10H2,(H,21,23). The number of amides is 1. The molecule has 0 fully saturated rings. The van der Waals surface area contributed by atoms with E-state index in [-0.39, 0.29) is 19.2 Å². The number of benzene rings is 2. The van der Waals surface area contributed by atoms with Gasteiger partial charge in [-0.3, -0.25) is 4.79 Å². The Bertz CT molecular complexity index is 841. The van der Waals surface area contributed by atoms with Crippen molar-refractivity contribution in [2.75, 3.05) is 30.1 Å². The number of rotatable bonds is 3. The van der Waals surface area contributed by atoms with E-state index >= 15 is 0 Å². The number of hydrogen-bond acceptors (Lipinski definition) is 4. The second-order valence-corrected chi connectivity index (χ2v) is 6.04. The summed E-state index contributed by atoms with van der Waals surface area (Å²) in [6.07, 6.45) is 1.34. The fraction of sp³-hybridized carbons (Fsp3) is 0.278. The lowest BCUT2D eigenvalue weighted by Crippen LogP contribution is -2.37. The van der Waals surface area contributed by atoms with Crippen LogP contribution in [-0.4, -0.2) is 25.8 Å². The Morgan fingerprint density at radius 1 is 1.16 bits per heavy atom. The molecular weight excluding hydrogens is 330 g/mol. The van der Waals surface area contributed by atoms with Crippen LogP contribution < -0.4 is 19.7 Å². The van der Waals surface area contributed by atoms with Crippen molar-refractivity contribution in [1.82, 2.24) is 0 Å². The smallest absolute Gasteiger partial charge is 0.243 e. The number of fused-ring (bicyclic) bond motifs is 2. The molecule has 7 heteroatoms. The second kappa shape index (κ2) is 6.23. The molecular formula is C18H16F2N2O3. The highest BCUT2D eigenvalue weighted by molar-refractivity contribution is 5.94. The van der Waals surface area contributed by atoms with Crippen LogP contribution in [0.15, 0.2) is 30.3 Å². The fourth-order valence-electron chi connectivity index (χ4n) is 3.24. The number of nitrogens with zero attached hydrogens (tertiary/aromatic N) is 1. The largest absolute Gasteiger partial charge is 0.454 e. The quantitative estimate of drug-likeness (QED) is 0.928. The number of ether oxygens (including phenoxy) is 2. The van der Waals surface area contributed by atoms with Crippen molar-refractivity contribution in [3.05, 3.63) is 47.5 Å². The number of carbonyl (C=O) groups is 1. The van der Waals surface area contributed by atoms with E-state index in [4.69, 9.17) is 9.47 Å². The topological polar surface area (TPSA) is 50.8 Å². The first kappa shape index (κ1) is 15.7. The average Bonchev–Trinajstić information content (AvgIpc) is 3.02. The van der Waals surface area contributed by atoms with Gasteiger partial charge in [-0.1, -0.05) is 0 Å². The van der Waals surface area contributed by atoms with Crippen LogP contribution >= 0.6 is 0 Å². The molecule has 2 aromatic rings. The first-order valence-electron chi connectivity index (χ1n) is 8.02. The van der Waals surface area contributed by atoms with Gasteiger partial charge in [-0.2, -0.15) is 0 Å². The minimum atomic E-state index is -0.634. The zero-order valence-corrected chi connectivity index (χ0v) is 13.4. The lowest BCUT2D eigenvalue weighted by atomic mass is 10.0. The SMILES string of the molecule is O=C(CN1CCCc2cc(F)cc(F)c21)Nc1ccc2c(c1)OCO2. The molecule has 1 N–H and O–H groups in total. The van der Waals surface area contributed by atoms with Gasteiger partial charge in [0.2, 0.25) is 12.7 Å². The summed E-state index contributed by atoms with van der Waals surface area (Å²) in [7, 11) is 0. The summed E-state index contributed by atoms with van der Waals surface area (Å²) in [5.74, 6) is -0.307. The molecule has 0 atom stereocenters. The predicted molar refractivity (Wildman–Crippen MR) is 88.1 cm³/mol. The molecule has 0 saturated carbocycles. The van der Waals surface area contributed by atoms with Gasteiger partial charge in [0.05, 0.1) is 12.2 Å². The molecule has 1 amide bonds. The van der Waals surface area contributed by atoms with E-state index in [1.165, 1.54) is 6.07 Å². The highest BCUT2D eigenvalue weighted by Crippen LogP contribution is 2.34. The number of aryl methyl sites for hydroxylation is 1. The minimum absolute atomic E-state index is 0.00993. The van der Waals surface area contributed by atoms with Crippen molar-refractivity contribution in [1.29, 1.82) is 0 Å². The zero-order chi connectivity index (χ0) is 17.4. The number of nitrogens with one attached hydrogen (secondary N) is 1. The van der Waals surface area contributed by atoms with Crippen molar-refractivity contribution in [2.45, 2.75) is 12.8 Å². The van der Waals surface area contributed by atoms with Gasteiger partial charge in [0.25, 0.3) is 0 Å². The molecule has 2 aliphatic heterocycles. The van der Waals surface area contributed by atoms with Gasteiger partial charge in [-0.25, -0.2) is 8.78 Å². The summed E-state index contributed by atoms with van der Waals surface area (Å²) in [5, 5.41) is 2.77. The van der Waals surface area contributed by atoms with E-state index < -0.39 is 11.6 Å². The molecule has 130 valence electrons. The van der Waals surface area contributed by atoms with E-state index in [2.05, 4.69) is 5.32 Å². The van der Waals surface area contributed by atoms with Gasteiger partial charge < -0.3 is 19.7 Å². The Kier molecular flexibility index (Phi) is 3.91. The van der Waals surface area contributed by atoms with Crippen LogP contribution in [0.2, 0.25) is 0 Å². The highest BCUT2D eigenvalue weighted by Gasteiger charge is 2.24. The molecule has 5 nitrogen and oxygen atoms in total. The number of carbonyl (C=O) groups excluding carboxylic acids is 1. The summed E-state index contributed by atoms with van der Waals surface area (Å²) >= 11 is 0. The first-order valence-corrected chi connectivity index (χ1v) is 8.02. The van der Waals surface area contributed by atoms with Gasteiger partial charge in [0.15, 0.2) is 11.5 Å². The van der Waals surface area contributed by atoms with Gasteiger partial charge in [0, 0.05) is 24.4 Å². The molecule has 0 radical (unpaired) electrons. The van der Waals surface area contributed by atoms with E-state index in [9.17, 15) is 13.6 Å². The maximum absolute atomic E-state index is 14.2. The monoisotopic (exact) mass is 346 g/mol. The van der Waals surface area contributed by atoms with Crippen LogP contribution in [0, 0.1) is 11.6 Å². The number of halogens is 2. The van der Waals surface area contributed by atoms with Crippen LogP contribution in [0.4, 0.5) is 20.2 Å². The Balaban J connectivity index is 1.49. The maximum Gasteiger partial charge on any atom is 0.243 e. The Morgan fingerprint density at radius 3 is 2.88 bits per heavy atom. The molecule has 0 bridgehead atoms. The fourth-order valence-corrected chi connectivity index (χ4v) is 3.24. The van der Waals surface area contributed by atoms with Crippen LogP contribution in [0.25, 0.3) is 0 Å². The van der Waals surface area contributed by atoms with Crippen LogP contribution in [0.5, 0.6) is 11.5 Å². The average molecular weight is 346 g/mol. The third-order valence-corrected chi connectivity index (χ3v) is 4.29. The van der Waals surface area contributed by atoms with Crippen molar-refractivity contribution >= 4 is 17.3 Å². The van der Waals surface area contributed by atoms with E-state index in [1.807, 2.05) is 0 Å². The van der Waals surface area contributed by atoms with E-state index in [0.29, 0.717) is 41.4 Å². The summed E-state index contributed by atoms with van der Waals surface area (Å²) in [6.45, 7) is 0.696. The third kappa shape index (κ3) is 3.09. The first-order chi connectivity index (χ1) is 12.1. The van der Waals surface area contributed by atoms with Crippen LogP contribution in [0.1, 0.15) is 12.0 Å². The van der Waals surface area contributed by atoms with E-state index in [1.54, 1.807) is 23.1 Å². The Morgan fingerprint density at radius 2 is 2.00 bits per heavy atom. The highest BCUT2D eigenvalue weighted by atomic mass is 19.1. The van der Waals surface area contributed by atoms with Crippen molar-refractivity contribution in [3.8, 4) is 11.5 Å². The lowest BCUT2D eigenvalue weighted by molar-refractivity contribution is -0.115. The van der Waals surface area contributed by atoms with Crippen molar-refractivity contribution < 1.29 is 23.0 Å². The van der Waals surface area contributed by atoms with Gasteiger partial charge in [-0.15, -0.1) is 0 Å². The Labute approximate surface area is 143 Å². The predicted octanol–water partition coefficient (Wildman–Crippen LogP) is 3.08. The molecule has 4 rings (SSSR count). The second-order valence-electron chi connectivity index (χ2n) is 6.04. The molecule has 2 heterocycles. The van der Waals surface area contributed by atoms with Crippen molar-refractivity contribution in [2.24, 2.45) is 0 Å². The molecule has 0 unspecified atom stereocenters. The van der Waals surface area contributed by atoms with Crippen LogP contribution in [-0.2, 0) is 11.2 Å². The molecule has 2 aromatic carbocycles. The van der Waals surface area contributed by atoms with Gasteiger partial charge in [0.1, 0.15) is 11.6 Å². The summed E-state index contributed by atoms with van der Waals surface area (Å²) < 4.78 is 38.0. The summed E-state index contributed by atoms with van der Waals surface area (Å²) in [5.41, 5.74) is 1.49. The Hall–Kier alpha value is -2.83. The van der Waals surface area contributed by atoms with E-state index in [0.717, 1.165) is 12.5 Å². The molecule has 2 aliphatic rings. The van der Waals surface area contributed by atoms with Gasteiger partial charge >= 0.3 is 0 Å². The summed E-state index contributed by atoms with van der Waals surface area (Å²) in [6, 6.07) is 7.30. The maximum atomic E-state index is 14.2. The van der Waals surface area contributed by atoms with Gasteiger partial charge in [-0.05, 0) is 36.6 Å². The summed E-state index contributed by atoms with van der Waals surface area (Å²) in [4.78, 5) is 14.0. The number of hydrogen-bond donors (Lipinski definition) is 1. The normalized spacial score (nSPS) is 15.0. The minimum Gasteiger partial charge on any atom is -0.454 e. The zero-order valence-electron chi connectivity index (χ0n) is 13.4. The lowest BCUT2D eigenvalue weighted by Gasteiger charge is -2.31. The molecule has 0 spiro atoms. The van der Waals surface area contributed by atoms with Crippen LogP contribution in [0.3, 0.4) is 0 Å². The molecule has 0 aromatic heterocycles. The van der Waals surface area contributed by atoms with Crippen molar-refractivity contribution in [3.63, 3.8) is 0 Å². The molecule has 0 aliphatic carbocycles. The third-order valence-electron chi connectivity index (χ3n) is 4.29.